The van der Waals surface area contributed by atoms with Gasteiger partial charge in [-0.15, -0.1) is 0 Å². The van der Waals surface area contributed by atoms with E-state index >= 15 is 0 Å². The highest BCUT2D eigenvalue weighted by molar-refractivity contribution is 7.55. The van der Waals surface area contributed by atoms with Crippen LogP contribution in [0.1, 0.15) is 11.3 Å². The highest BCUT2D eigenvalue weighted by atomic mass is 31.2. The zero-order valence-electron chi connectivity index (χ0n) is 12.9. The average Bonchev–Trinajstić information content (AvgIpc) is 2.63. The Hall–Kier alpha value is -2.62. The fourth-order valence-electron chi connectivity index (χ4n) is 2.13. The van der Waals surface area contributed by atoms with Crippen molar-refractivity contribution < 1.29 is 13.6 Å². The van der Waals surface area contributed by atoms with E-state index in [1.807, 2.05) is 12.1 Å². The van der Waals surface area contributed by atoms with Gasteiger partial charge in [-0.2, -0.15) is 0 Å². The molecule has 0 spiro atoms. The second kappa shape index (κ2) is 7.30. The lowest BCUT2D eigenvalue weighted by Gasteiger charge is -2.25. The molecule has 0 bridgehead atoms. The predicted molar refractivity (Wildman–Crippen MR) is 92.9 cm³/mol. The summed E-state index contributed by atoms with van der Waals surface area (Å²) in [4.78, 5) is 3.95. The standard InChI is InChI=1S/C18H17N2O3P/c19-18(15-11-13-20-14-12-15)24(21,22-16-7-3-1-4-8-16)23-17-9-5-2-6-10-17/h1-14,18H,19H2. The Morgan fingerprint density at radius 3 is 1.71 bits per heavy atom. The Bertz CT molecular complexity index is 768. The zero-order chi connectivity index (χ0) is 16.8. The first-order valence-electron chi connectivity index (χ1n) is 7.42. The summed E-state index contributed by atoms with van der Waals surface area (Å²) in [5.41, 5.74) is 6.85. The Kier molecular flexibility index (Phi) is 4.94. The number of para-hydroxylation sites is 2. The number of nitrogens with zero attached hydrogens (tertiary/aromatic N) is 1. The molecule has 0 saturated carbocycles. The van der Waals surface area contributed by atoms with Crippen LogP contribution in [0.5, 0.6) is 11.5 Å². The molecule has 1 heterocycles. The number of nitrogens with two attached hydrogens (primary N) is 1. The fourth-order valence-corrected chi connectivity index (χ4v) is 3.76. The van der Waals surface area contributed by atoms with Gasteiger partial charge in [0.2, 0.25) is 0 Å². The summed E-state index contributed by atoms with van der Waals surface area (Å²) in [6.07, 6.45) is 3.18. The molecular formula is C18H17N2O3P. The van der Waals surface area contributed by atoms with E-state index in [1.165, 1.54) is 0 Å². The van der Waals surface area contributed by atoms with Crippen molar-refractivity contribution in [3.05, 3.63) is 90.8 Å². The van der Waals surface area contributed by atoms with Crippen molar-refractivity contribution in [1.82, 2.24) is 4.98 Å². The van der Waals surface area contributed by atoms with Crippen molar-refractivity contribution in [2.45, 2.75) is 5.78 Å². The van der Waals surface area contributed by atoms with E-state index in [-0.39, 0.29) is 0 Å². The van der Waals surface area contributed by atoms with Crippen molar-refractivity contribution >= 4 is 7.60 Å². The summed E-state index contributed by atoms with van der Waals surface area (Å²) in [6.45, 7) is 0. The molecule has 2 aromatic carbocycles. The first-order valence-corrected chi connectivity index (χ1v) is 9.03. The Morgan fingerprint density at radius 1 is 0.792 bits per heavy atom. The molecule has 5 nitrogen and oxygen atoms in total. The molecule has 0 amide bonds. The monoisotopic (exact) mass is 340 g/mol. The second-order valence-corrected chi connectivity index (χ2v) is 7.08. The number of hydrogen-bond donors (Lipinski definition) is 1. The third-order valence-corrected chi connectivity index (χ3v) is 5.25. The second-order valence-electron chi connectivity index (χ2n) is 5.07. The van der Waals surface area contributed by atoms with Crippen LogP contribution in [0, 0.1) is 0 Å². The molecule has 1 unspecified atom stereocenters. The molecule has 3 rings (SSSR count). The number of rotatable bonds is 6. The number of pyridine rings is 1. The summed E-state index contributed by atoms with van der Waals surface area (Å²) in [5, 5.41) is 0. The lowest BCUT2D eigenvalue weighted by molar-refractivity contribution is 0.373. The number of aromatic nitrogens is 1. The van der Waals surface area contributed by atoms with Crippen molar-refractivity contribution in [1.29, 1.82) is 0 Å². The maximum Gasteiger partial charge on any atom is 0.451 e. The van der Waals surface area contributed by atoms with Crippen LogP contribution < -0.4 is 14.8 Å². The van der Waals surface area contributed by atoms with E-state index in [2.05, 4.69) is 4.98 Å². The van der Waals surface area contributed by atoms with Gasteiger partial charge >= 0.3 is 7.60 Å². The van der Waals surface area contributed by atoms with Crippen LogP contribution in [-0.4, -0.2) is 4.98 Å². The van der Waals surface area contributed by atoms with Gasteiger partial charge in [-0.3, -0.25) is 4.98 Å². The van der Waals surface area contributed by atoms with E-state index in [4.69, 9.17) is 14.8 Å². The van der Waals surface area contributed by atoms with E-state index < -0.39 is 13.4 Å². The third-order valence-electron chi connectivity index (χ3n) is 3.34. The first kappa shape index (κ1) is 16.2. The molecule has 0 radical (unpaired) electrons. The van der Waals surface area contributed by atoms with E-state index in [1.54, 1.807) is 73.1 Å². The SMILES string of the molecule is NC(c1ccncc1)P(=O)(Oc1ccccc1)Oc1ccccc1. The summed E-state index contributed by atoms with van der Waals surface area (Å²) < 4.78 is 24.9. The Morgan fingerprint density at radius 2 is 1.25 bits per heavy atom. The van der Waals surface area contributed by atoms with Crippen LogP contribution in [-0.2, 0) is 4.57 Å². The van der Waals surface area contributed by atoms with E-state index in [0.29, 0.717) is 17.1 Å². The third kappa shape index (κ3) is 3.82. The number of hydrogen-bond acceptors (Lipinski definition) is 5. The maximum absolute atomic E-state index is 13.5. The van der Waals surface area contributed by atoms with Gasteiger partial charge in [0.1, 0.15) is 11.5 Å². The van der Waals surface area contributed by atoms with Crippen LogP contribution in [0.4, 0.5) is 0 Å². The Balaban J connectivity index is 1.95. The molecule has 1 aromatic heterocycles. The quantitative estimate of drug-likeness (QED) is 0.674. The predicted octanol–water partition coefficient (Wildman–Crippen LogP) is 4.39. The van der Waals surface area contributed by atoms with Crippen molar-refractivity contribution in [2.75, 3.05) is 0 Å². The minimum atomic E-state index is -3.73. The van der Waals surface area contributed by atoms with Gasteiger partial charge in [0.05, 0.1) is 0 Å². The molecule has 0 aliphatic carbocycles. The molecule has 0 aliphatic rings. The fraction of sp³-hybridized carbons (Fsp3) is 0.0556. The lowest BCUT2D eigenvalue weighted by atomic mass is 10.3. The molecular weight excluding hydrogens is 323 g/mol. The van der Waals surface area contributed by atoms with Gasteiger partial charge in [0.25, 0.3) is 0 Å². The van der Waals surface area contributed by atoms with Crippen molar-refractivity contribution in [3.8, 4) is 11.5 Å². The van der Waals surface area contributed by atoms with E-state index in [0.717, 1.165) is 0 Å². The highest BCUT2D eigenvalue weighted by Gasteiger charge is 2.38. The average molecular weight is 340 g/mol. The largest absolute Gasteiger partial charge is 0.451 e. The van der Waals surface area contributed by atoms with Crippen LogP contribution in [0.15, 0.2) is 85.2 Å². The van der Waals surface area contributed by atoms with Crippen molar-refractivity contribution in [3.63, 3.8) is 0 Å². The molecule has 0 aliphatic heterocycles. The topological polar surface area (TPSA) is 74.4 Å². The van der Waals surface area contributed by atoms with Gasteiger partial charge in [0.15, 0.2) is 5.78 Å². The summed E-state index contributed by atoms with van der Waals surface area (Å²) in [6, 6.07) is 21.1. The maximum atomic E-state index is 13.5. The molecule has 122 valence electrons. The molecule has 0 saturated heterocycles. The van der Waals surface area contributed by atoms with Gasteiger partial charge in [0, 0.05) is 12.4 Å². The van der Waals surface area contributed by atoms with Crippen LogP contribution in [0.25, 0.3) is 0 Å². The van der Waals surface area contributed by atoms with Gasteiger partial charge in [-0.05, 0) is 42.0 Å². The van der Waals surface area contributed by atoms with Crippen LogP contribution >= 0.6 is 7.60 Å². The van der Waals surface area contributed by atoms with E-state index in [9.17, 15) is 4.57 Å². The highest BCUT2D eigenvalue weighted by Crippen LogP contribution is 2.57. The van der Waals surface area contributed by atoms with Gasteiger partial charge in [-0.1, -0.05) is 36.4 Å². The molecule has 6 heteroatoms. The van der Waals surface area contributed by atoms with Crippen molar-refractivity contribution in [2.24, 2.45) is 5.73 Å². The molecule has 2 N–H and O–H groups in total. The summed E-state index contributed by atoms with van der Waals surface area (Å²) in [5.74, 6) is -0.0801. The van der Waals surface area contributed by atoms with Crippen LogP contribution in [0.3, 0.4) is 0 Å². The first-order chi connectivity index (χ1) is 11.7. The van der Waals surface area contributed by atoms with Crippen LogP contribution in [0.2, 0.25) is 0 Å². The zero-order valence-corrected chi connectivity index (χ0v) is 13.8. The molecule has 3 aromatic rings. The lowest BCUT2D eigenvalue weighted by Crippen LogP contribution is -2.18. The Labute approximate surface area is 140 Å². The van der Waals surface area contributed by atoms with Gasteiger partial charge in [-0.25, -0.2) is 4.57 Å². The number of benzene rings is 2. The van der Waals surface area contributed by atoms with Gasteiger partial charge < -0.3 is 14.8 Å². The molecule has 0 fully saturated rings. The minimum absolute atomic E-state index is 0.432. The normalized spacial score (nSPS) is 12.4. The minimum Gasteiger partial charge on any atom is -0.415 e. The smallest absolute Gasteiger partial charge is 0.415 e. The molecule has 24 heavy (non-hydrogen) atoms. The molecule has 1 atom stereocenters. The summed E-state index contributed by atoms with van der Waals surface area (Å²) >= 11 is 0. The summed E-state index contributed by atoms with van der Waals surface area (Å²) in [7, 11) is -3.73.